The molecule has 2 fully saturated rings. The van der Waals surface area contributed by atoms with Gasteiger partial charge in [0.1, 0.15) is 23.5 Å². The molecule has 0 spiro atoms. The average molecular weight is 349 g/mol. The van der Waals surface area contributed by atoms with Gasteiger partial charge in [0.25, 0.3) is 0 Å². The molecule has 128 valence electrons. The smallest absolute Gasteiger partial charge is 0.327 e. The molecule has 3 rings (SSSR count). The number of nitrogens with zero attached hydrogens (tertiary/aromatic N) is 1. The Bertz CT molecular complexity index is 694. The highest BCUT2D eigenvalue weighted by Gasteiger charge is 2.64. The summed E-state index contributed by atoms with van der Waals surface area (Å²) in [5.41, 5.74) is 6.59. The third kappa shape index (κ3) is 2.55. The summed E-state index contributed by atoms with van der Waals surface area (Å²) in [6, 6.07) is 6.38. The van der Waals surface area contributed by atoms with Crippen molar-refractivity contribution in [1.29, 1.82) is 0 Å². The highest BCUT2D eigenvalue weighted by atomic mass is 32.2. The van der Waals surface area contributed by atoms with Gasteiger partial charge in [-0.2, -0.15) is 0 Å². The number of hydrogen-bond acceptors (Lipinski definition) is 5. The van der Waals surface area contributed by atoms with Crippen LogP contribution in [0.1, 0.15) is 25.5 Å². The molecule has 8 heteroatoms. The monoisotopic (exact) mass is 349 g/mol. The van der Waals surface area contributed by atoms with E-state index in [-0.39, 0.29) is 11.3 Å². The summed E-state index contributed by atoms with van der Waals surface area (Å²) in [6.07, 6.45) is 0. The molecule has 2 amide bonds. The van der Waals surface area contributed by atoms with E-state index in [0.29, 0.717) is 5.56 Å². The minimum Gasteiger partial charge on any atom is -0.480 e. The summed E-state index contributed by atoms with van der Waals surface area (Å²) in [5.74, 6) is -1.86. The highest BCUT2D eigenvalue weighted by molar-refractivity contribution is 8.01. The fourth-order valence-electron chi connectivity index (χ4n) is 3.20. The van der Waals surface area contributed by atoms with E-state index in [1.807, 2.05) is 6.07 Å². The molecule has 0 saturated carbocycles. The van der Waals surface area contributed by atoms with Crippen LogP contribution in [-0.2, 0) is 14.4 Å². The van der Waals surface area contributed by atoms with Crippen LogP contribution in [0.3, 0.4) is 0 Å². The lowest BCUT2D eigenvalue weighted by Crippen LogP contribution is -2.71. The lowest BCUT2D eigenvalue weighted by atomic mass is 9.95. The van der Waals surface area contributed by atoms with Crippen molar-refractivity contribution in [3.05, 3.63) is 35.9 Å². The number of thioether (sulfide) groups is 1. The second-order valence-electron chi connectivity index (χ2n) is 6.47. The van der Waals surface area contributed by atoms with E-state index in [1.165, 1.54) is 16.7 Å². The first-order chi connectivity index (χ1) is 11.2. The lowest BCUT2D eigenvalue weighted by molar-refractivity contribution is -0.161. The fraction of sp³-hybridized carbons (Fsp3) is 0.438. The Morgan fingerprint density at radius 1 is 1.33 bits per heavy atom. The maximum Gasteiger partial charge on any atom is 0.327 e. The number of aliphatic carboxylic acids is 1. The van der Waals surface area contributed by atoms with Crippen LogP contribution in [0.2, 0.25) is 0 Å². The SMILES string of the molecule is CC1(C)S[C@H]2[C@@H](NC(=O)[C@@H](N)c3ccccc3)C(=O)N2[C@H]1C(=O)O. The van der Waals surface area contributed by atoms with Gasteiger partial charge in [0.05, 0.1) is 0 Å². The number of carboxylic acids is 1. The predicted octanol–water partition coefficient (Wildman–Crippen LogP) is 0.318. The van der Waals surface area contributed by atoms with Crippen LogP contribution < -0.4 is 11.1 Å². The van der Waals surface area contributed by atoms with Gasteiger partial charge >= 0.3 is 5.97 Å². The van der Waals surface area contributed by atoms with E-state index in [0.717, 1.165) is 0 Å². The first kappa shape index (κ1) is 16.8. The van der Waals surface area contributed by atoms with Gasteiger partial charge in [0.2, 0.25) is 11.8 Å². The Hall–Kier alpha value is -2.06. The normalized spacial score (nSPS) is 28.7. The van der Waals surface area contributed by atoms with Gasteiger partial charge < -0.3 is 21.1 Å². The van der Waals surface area contributed by atoms with Crippen LogP contribution in [0.15, 0.2) is 30.3 Å². The highest BCUT2D eigenvalue weighted by Crippen LogP contribution is 2.50. The molecule has 4 atom stereocenters. The van der Waals surface area contributed by atoms with Crippen molar-refractivity contribution < 1.29 is 19.5 Å². The van der Waals surface area contributed by atoms with E-state index < -0.39 is 34.7 Å². The molecular formula is C16H19N3O4S. The third-order valence-electron chi connectivity index (χ3n) is 4.41. The molecule has 0 aromatic heterocycles. The number of nitrogens with one attached hydrogen (secondary N) is 1. The van der Waals surface area contributed by atoms with E-state index in [2.05, 4.69) is 5.32 Å². The molecule has 24 heavy (non-hydrogen) atoms. The van der Waals surface area contributed by atoms with Crippen LogP contribution in [0.5, 0.6) is 0 Å². The van der Waals surface area contributed by atoms with Crippen molar-refractivity contribution >= 4 is 29.5 Å². The van der Waals surface area contributed by atoms with E-state index in [4.69, 9.17) is 5.73 Å². The van der Waals surface area contributed by atoms with Gasteiger partial charge in [-0.15, -0.1) is 11.8 Å². The molecule has 7 nitrogen and oxygen atoms in total. The van der Waals surface area contributed by atoms with Gasteiger partial charge in [0.15, 0.2) is 0 Å². The number of carbonyl (C=O) groups excluding carboxylic acids is 2. The molecule has 4 N–H and O–H groups in total. The van der Waals surface area contributed by atoms with Gasteiger partial charge in [-0.25, -0.2) is 4.79 Å². The molecule has 2 heterocycles. The number of nitrogens with two attached hydrogens (primary N) is 1. The standard InChI is InChI=1S/C16H19N3O4S/c1-16(2)11(15(22)23)19-13(21)10(14(19)24-16)18-12(20)9(17)8-6-4-3-5-7-8/h3-7,9-11,14H,17H2,1-2H3,(H,18,20)(H,22,23)/t9-,10-,11-,14-/m0/s1. The van der Waals surface area contributed by atoms with Crippen LogP contribution in [0, 0.1) is 0 Å². The van der Waals surface area contributed by atoms with Crippen molar-refractivity contribution in [2.75, 3.05) is 0 Å². The molecule has 0 aliphatic carbocycles. The van der Waals surface area contributed by atoms with E-state index in [1.54, 1.807) is 38.1 Å². The second kappa shape index (κ2) is 5.78. The molecule has 0 radical (unpaired) electrons. The largest absolute Gasteiger partial charge is 0.480 e. The second-order valence-corrected chi connectivity index (χ2v) is 8.24. The zero-order chi connectivity index (χ0) is 17.6. The van der Waals surface area contributed by atoms with Crippen molar-refractivity contribution in [3.8, 4) is 0 Å². The minimum absolute atomic E-state index is 0.375. The molecule has 2 aliphatic rings. The summed E-state index contributed by atoms with van der Waals surface area (Å²) in [4.78, 5) is 37.5. The third-order valence-corrected chi connectivity index (χ3v) is 5.99. The molecule has 0 unspecified atom stereocenters. The first-order valence-corrected chi connectivity index (χ1v) is 8.45. The summed E-state index contributed by atoms with van der Waals surface area (Å²) < 4.78 is -0.618. The average Bonchev–Trinajstić information content (AvgIpc) is 2.80. The Morgan fingerprint density at radius 2 is 1.96 bits per heavy atom. The fourth-order valence-corrected chi connectivity index (χ4v) is 4.83. The van der Waals surface area contributed by atoms with Crippen LogP contribution in [-0.4, -0.2) is 50.0 Å². The predicted molar refractivity (Wildman–Crippen MR) is 89.0 cm³/mol. The quantitative estimate of drug-likeness (QED) is 0.675. The topological polar surface area (TPSA) is 113 Å². The molecular weight excluding hydrogens is 330 g/mol. The number of hydrogen-bond donors (Lipinski definition) is 3. The number of rotatable bonds is 4. The van der Waals surface area contributed by atoms with Gasteiger partial charge in [-0.05, 0) is 19.4 Å². The van der Waals surface area contributed by atoms with Crippen LogP contribution in [0.4, 0.5) is 0 Å². The Labute approximate surface area is 143 Å². The maximum atomic E-state index is 12.3. The van der Waals surface area contributed by atoms with Crippen molar-refractivity contribution in [3.63, 3.8) is 0 Å². The Morgan fingerprint density at radius 3 is 2.54 bits per heavy atom. The summed E-state index contributed by atoms with van der Waals surface area (Å²) in [7, 11) is 0. The number of carboxylic acid groups (broad SMARTS) is 1. The summed E-state index contributed by atoms with van der Waals surface area (Å²) in [5, 5.41) is 11.7. The van der Waals surface area contributed by atoms with Gasteiger partial charge in [0, 0.05) is 4.75 Å². The van der Waals surface area contributed by atoms with E-state index in [9.17, 15) is 19.5 Å². The Balaban J connectivity index is 1.71. The zero-order valence-corrected chi connectivity index (χ0v) is 14.1. The number of carbonyl (C=O) groups is 3. The number of β-lactam (4-membered cyclic amide) rings is 1. The summed E-state index contributed by atoms with van der Waals surface area (Å²) in [6.45, 7) is 3.58. The number of amides is 2. The van der Waals surface area contributed by atoms with Gasteiger partial charge in [-0.3, -0.25) is 9.59 Å². The number of fused-ring (bicyclic) bond motifs is 1. The molecule has 0 bridgehead atoms. The zero-order valence-electron chi connectivity index (χ0n) is 13.3. The van der Waals surface area contributed by atoms with Crippen molar-refractivity contribution in [2.24, 2.45) is 5.73 Å². The molecule has 2 aliphatic heterocycles. The van der Waals surface area contributed by atoms with E-state index >= 15 is 0 Å². The van der Waals surface area contributed by atoms with Crippen molar-refractivity contribution in [1.82, 2.24) is 10.2 Å². The van der Waals surface area contributed by atoms with Crippen LogP contribution >= 0.6 is 11.8 Å². The Kier molecular flexibility index (Phi) is 4.05. The first-order valence-electron chi connectivity index (χ1n) is 7.58. The minimum atomic E-state index is -1.03. The maximum absolute atomic E-state index is 12.3. The van der Waals surface area contributed by atoms with Gasteiger partial charge in [-0.1, -0.05) is 30.3 Å². The molecule has 2 saturated heterocycles. The molecule has 1 aromatic carbocycles. The van der Waals surface area contributed by atoms with Crippen molar-refractivity contribution in [2.45, 2.75) is 42.1 Å². The van der Waals surface area contributed by atoms with Crippen LogP contribution in [0.25, 0.3) is 0 Å². The lowest BCUT2D eigenvalue weighted by Gasteiger charge is -2.43. The summed E-state index contributed by atoms with van der Waals surface area (Å²) >= 11 is 1.38. The number of benzene rings is 1. The molecule has 1 aromatic rings.